The van der Waals surface area contributed by atoms with E-state index < -0.39 is 0 Å². The molecule has 90 valence electrons. The van der Waals surface area contributed by atoms with Gasteiger partial charge < -0.3 is 10.6 Å². The Hall–Kier alpha value is -0.570. The highest BCUT2D eigenvalue weighted by Crippen LogP contribution is 2.44. The van der Waals surface area contributed by atoms with Crippen molar-refractivity contribution in [1.82, 2.24) is 10.6 Å². The molecule has 2 bridgehead atoms. The minimum Gasteiger partial charge on any atom is -0.355 e. The van der Waals surface area contributed by atoms with E-state index in [1.165, 1.54) is 32.1 Å². The van der Waals surface area contributed by atoms with Crippen LogP contribution in [0.15, 0.2) is 0 Å². The lowest BCUT2D eigenvalue weighted by Crippen LogP contribution is -2.48. The van der Waals surface area contributed by atoms with Gasteiger partial charge in [0, 0.05) is 12.6 Å². The minimum absolute atomic E-state index is 0.0897. The molecular formula is C13H22N2O. The first-order chi connectivity index (χ1) is 7.83. The quantitative estimate of drug-likeness (QED) is 0.742. The molecule has 3 aliphatic rings. The van der Waals surface area contributed by atoms with E-state index >= 15 is 0 Å². The third-order valence-electron chi connectivity index (χ3n) is 4.69. The van der Waals surface area contributed by atoms with Crippen LogP contribution in [-0.4, -0.2) is 24.5 Å². The maximum absolute atomic E-state index is 11.8. The molecule has 2 saturated carbocycles. The van der Waals surface area contributed by atoms with Crippen molar-refractivity contribution in [3.05, 3.63) is 0 Å². The van der Waals surface area contributed by atoms with Gasteiger partial charge in [0.15, 0.2) is 0 Å². The van der Waals surface area contributed by atoms with E-state index in [1.807, 2.05) is 0 Å². The summed E-state index contributed by atoms with van der Waals surface area (Å²) in [5.41, 5.74) is 0. The van der Waals surface area contributed by atoms with E-state index in [0.29, 0.717) is 6.04 Å². The fraction of sp³-hybridized carbons (Fsp3) is 0.923. The average molecular weight is 222 g/mol. The Bertz CT molecular complexity index is 279. The van der Waals surface area contributed by atoms with Gasteiger partial charge in [-0.25, -0.2) is 0 Å². The van der Waals surface area contributed by atoms with Crippen molar-refractivity contribution in [2.75, 3.05) is 6.54 Å². The number of amides is 1. The first-order valence-corrected chi connectivity index (χ1v) is 6.86. The second-order valence-corrected chi connectivity index (χ2v) is 5.79. The largest absolute Gasteiger partial charge is 0.355 e. The summed E-state index contributed by atoms with van der Waals surface area (Å²) in [5, 5.41) is 6.64. The first kappa shape index (κ1) is 10.6. The van der Waals surface area contributed by atoms with E-state index in [0.717, 1.165) is 31.2 Å². The summed E-state index contributed by atoms with van der Waals surface area (Å²) >= 11 is 0. The SMILES string of the molecule is O=C1NCCCC[C@@H]1N[C@H]1C[C@H]2CC[C@H]1C2. The van der Waals surface area contributed by atoms with Gasteiger partial charge in [-0.3, -0.25) is 4.79 Å². The van der Waals surface area contributed by atoms with E-state index in [9.17, 15) is 4.79 Å². The normalized spacial score (nSPS) is 43.1. The average Bonchev–Trinajstić information content (AvgIpc) is 2.83. The van der Waals surface area contributed by atoms with E-state index in [4.69, 9.17) is 0 Å². The van der Waals surface area contributed by atoms with Crippen molar-refractivity contribution in [3.8, 4) is 0 Å². The monoisotopic (exact) mass is 222 g/mol. The maximum atomic E-state index is 11.8. The fourth-order valence-corrected chi connectivity index (χ4v) is 3.81. The van der Waals surface area contributed by atoms with Crippen molar-refractivity contribution in [3.63, 3.8) is 0 Å². The molecule has 3 heteroatoms. The van der Waals surface area contributed by atoms with Gasteiger partial charge in [-0.15, -0.1) is 0 Å². The second-order valence-electron chi connectivity index (χ2n) is 5.79. The van der Waals surface area contributed by atoms with Crippen LogP contribution in [0.3, 0.4) is 0 Å². The highest BCUT2D eigenvalue weighted by Gasteiger charge is 2.40. The summed E-state index contributed by atoms with van der Waals surface area (Å²) in [4.78, 5) is 11.8. The topological polar surface area (TPSA) is 41.1 Å². The fourth-order valence-electron chi connectivity index (χ4n) is 3.81. The summed E-state index contributed by atoms with van der Waals surface area (Å²) in [7, 11) is 0. The molecule has 2 N–H and O–H groups in total. The van der Waals surface area contributed by atoms with Crippen LogP contribution in [0.2, 0.25) is 0 Å². The molecule has 0 aromatic carbocycles. The molecule has 1 amide bonds. The number of carbonyl (C=O) groups excluding carboxylic acids is 1. The number of rotatable bonds is 2. The van der Waals surface area contributed by atoms with Crippen molar-refractivity contribution in [2.24, 2.45) is 11.8 Å². The van der Waals surface area contributed by atoms with Gasteiger partial charge in [0.25, 0.3) is 0 Å². The van der Waals surface area contributed by atoms with Crippen LogP contribution in [0.1, 0.15) is 44.9 Å². The zero-order valence-corrected chi connectivity index (χ0v) is 9.87. The van der Waals surface area contributed by atoms with Crippen LogP contribution < -0.4 is 10.6 Å². The number of fused-ring (bicyclic) bond motifs is 2. The highest BCUT2D eigenvalue weighted by atomic mass is 16.2. The predicted molar refractivity (Wildman–Crippen MR) is 63.0 cm³/mol. The summed E-state index contributed by atoms with van der Waals surface area (Å²) < 4.78 is 0. The van der Waals surface area contributed by atoms with Crippen molar-refractivity contribution in [2.45, 2.75) is 57.0 Å². The third kappa shape index (κ3) is 1.97. The van der Waals surface area contributed by atoms with Crippen molar-refractivity contribution in [1.29, 1.82) is 0 Å². The Kier molecular flexibility index (Phi) is 2.88. The Morgan fingerprint density at radius 2 is 2.06 bits per heavy atom. The lowest BCUT2D eigenvalue weighted by atomic mass is 9.94. The second kappa shape index (κ2) is 4.36. The molecule has 16 heavy (non-hydrogen) atoms. The molecule has 3 rings (SSSR count). The summed E-state index contributed by atoms with van der Waals surface area (Å²) in [6.45, 7) is 0.869. The molecule has 0 spiro atoms. The Labute approximate surface area is 97.4 Å². The zero-order valence-electron chi connectivity index (χ0n) is 9.87. The van der Waals surface area contributed by atoms with Crippen molar-refractivity contribution >= 4 is 5.91 Å². The molecule has 1 saturated heterocycles. The van der Waals surface area contributed by atoms with Crippen LogP contribution in [-0.2, 0) is 4.79 Å². The summed E-state index contributed by atoms with van der Waals surface area (Å²) in [6.07, 6.45) is 8.88. The molecule has 2 aliphatic carbocycles. The van der Waals surface area contributed by atoms with E-state index in [-0.39, 0.29) is 11.9 Å². The van der Waals surface area contributed by atoms with Crippen LogP contribution in [0.5, 0.6) is 0 Å². The molecule has 0 radical (unpaired) electrons. The molecular weight excluding hydrogens is 200 g/mol. The molecule has 4 atom stereocenters. The first-order valence-electron chi connectivity index (χ1n) is 6.86. The van der Waals surface area contributed by atoms with Gasteiger partial charge in [-0.1, -0.05) is 6.42 Å². The summed E-state index contributed by atoms with van der Waals surface area (Å²) in [5.74, 6) is 2.05. The summed E-state index contributed by atoms with van der Waals surface area (Å²) in [6, 6.07) is 0.722. The minimum atomic E-state index is 0.0897. The predicted octanol–water partition coefficient (Wildman–Crippen LogP) is 1.43. The molecule has 0 unspecified atom stereocenters. The molecule has 0 aromatic rings. The van der Waals surface area contributed by atoms with E-state index in [1.54, 1.807) is 0 Å². The van der Waals surface area contributed by atoms with Crippen LogP contribution in [0, 0.1) is 11.8 Å². The molecule has 3 fully saturated rings. The van der Waals surface area contributed by atoms with Crippen LogP contribution >= 0.6 is 0 Å². The third-order valence-corrected chi connectivity index (χ3v) is 4.69. The Balaban J connectivity index is 1.58. The number of hydrogen-bond acceptors (Lipinski definition) is 2. The lowest BCUT2D eigenvalue weighted by molar-refractivity contribution is -0.123. The Morgan fingerprint density at radius 3 is 2.81 bits per heavy atom. The van der Waals surface area contributed by atoms with Crippen LogP contribution in [0.4, 0.5) is 0 Å². The van der Waals surface area contributed by atoms with Gasteiger partial charge in [0.1, 0.15) is 0 Å². The maximum Gasteiger partial charge on any atom is 0.237 e. The zero-order chi connectivity index (χ0) is 11.0. The van der Waals surface area contributed by atoms with E-state index in [2.05, 4.69) is 10.6 Å². The molecule has 1 aliphatic heterocycles. The van der Waals surface area contributed by atoms with Gasteiger partial charge in [0.2, 0.25) is 5.91 Å². The van der Waals surface area contributed by atoms with Gasteiger partial charge in [-0.2, -0.15) is 0 Å². The lowest BCUT2D eigenvalue weighted by Gasteiger charge is -2.27. The molecule has 1 heterocycles. The number of carbonyl (C=O) groups is 1. The van der Waals surface area contributed by atoms with Crippen molar-refractivity contribution < 1.29 is 4.79 Å². The van der Waals surface area contributed by atoms with Crippen LogP contribution in [0.25, 0.3) is 0 Å². The van der Waals surface area contributed by atoms with Gasteiger partial charge in [0.05, 0.1) is 6.04 Å². The van der Waals surface area contributed by atoms with Gasteiger partial charge in [-0.05, 0) is 50.4 Å². The number of hydrogen-bond donors (Lipinski definition) is 2. The Morgan fingerprint density at radius 1 is 1.12 bits per heavy atom. The van der Waals surface area contributed by atoms with Gasteiger partial charge >= 0.3 is 0 Å². The molecule has 3 nitrogen and oxygen atoms in total. The molecule has 0 aromatic heterocycles. The number of nitrogens with one attached hydrogen (secondary N) is 2. The highest BCUT2D eigenvalue weighted by molar-refractivity contribution is 5.81. The smallest absolute Gasteiger partial charge is 0.237 e. The standard InChI is InChI=1S/C13H22N2O/c16-13-11(3-1-2-6-14-13)15-12-8-9-4-5-10(12)7-9/h9-12,15H,1-8H2,(H,14,16)/t9-,10-,11-,12-/m0/s1.